The van der Waals surface area contributed by atoms with Crippen molar-refractivity contribution in [2.75, 3.05) is 30.4 Å². The maximum Gasteiger partial charge on any atom is 0.170 e. The molecule has 0 spiro atoms. The van der Waals surface area contributed by atoms with E-state index in [2.05, 4.69) is 40.4 Å². The molecular weight excluding hydrogens is 256 g/mol. The van der Waals surface area contributed by atoms with Crippen LogP contribution in [0, 0.1) is 11.8 Å². The fraction of sp³-hybridized carbons (Fsp3) is 0.571. The van der Waals surface area contributed by atoms with Crippen LogP contribution in [0.2, 0.25) is 0 Å². The van der Waals surface area contributed by atoms with E-state index in [1.54, 1.807) is 7.05 Å². The second-order valence-electron chi connectivity index (χ2n) is 5.46. The van der Waals surface area contributed by atoms with Crippen molar-refractivity contribution >= 4 is 28.8 Å². The van der Waals surface area contributed by atoms with Gasteiger partial charge < -0.3 is 15.5 Å². The second-order valence-corrected chi connectivity index (χ2v) is 5.87. The number of nitrogens with zero attached hydrogens (tertiary/aromatic N) is 2. The minimum Gasteiger partial charge on any atom is -0.366 e. The second kappa shape index (κ2) is 6.19. The first kappa shape index (κ1) is 14.1. The fourth-order valence-electron chi connectivity index (χ4n) is 2.69. The molecule has 104 valence electrons. The largest absolute Gasteiger partial charge is 0.366 e. The average molecular weight is 278 g/mol. The van der Waals surface area contributed by atoms with Crippen molar-refractivity contribution in [3.8, 4) is 0 Å². The molecule has 0 saturated carbocycles. The van der Waals surface area contributed by atoms with E-state index in [-0.39, 0.29) is 0 Å². The average Bonchev–Trinajstić information content (AvgIpc) is 2.38. The lowest BCUT2D eigenvalue weighted by molar-refractivity contribution is 0.355. The first-order chi connectivity index (χ1) is 9.08. The lowest BCUT2D eigenvalue weighted by Gasteiger charge is -2.35. The van der Waals surface area contributed by atoms with E-state index < -0.39 is 0 Å². The molecule has 0 amide bonds. The lowest BCUT2D eigenvalue weighted by Crippen LogP contribution is -2.39. The van der Waals surface area contributed by atoms with Gasteiger partial charge in [0.15, 0.2) is 5.11 Å². The van der Waals surface area contributed by atoms with Gasteiger partial charge in [0.1, 0.15) is 5.82 Å². The Morgan fingerprint density at radius 3 is 2.53 bits per heavy atom. The third-order valence-electron chi connectivity index (χ3n) is 3.43. The Labute approximate surface area is 120 Å². The molecule has 1 saturated heterocycles. The van der Waals surface area contributed by atoms with Crippen molar-refractivity contribution in [3.05, 3.63) is 18.3 Å². The van der Waals surface area contributed by atoms with Crippen LogP contribution in [0.15, 0.2) is 18.3 Å². The Hall–Kier alpha value is -1.36. The van der Waals surface area contributed by atoms with Crippen molar-refractivity contribution in [1.82, 2.24) is 10.3 Å². The Balaban J connectivity index is 2.03. The predicted molar refractivity (Wildman–Crippen MR) is 84.7 cm³/mol. The molecule has 5 heteroatoms. The van der Waals surface area contributed by atoms with Crippen molar-refractivity contribution in [2.24, 2.45) is 11.8 Å². The Morgan fingerprint density at radius 1 is 1.32 bits per heavy atom. The molecule has 0 bridgehead atoms. The summed E-state index contributed by atoms with van der Waals surface area (Å²) in [6, 6.07) is 4.08. The van der Waals surface area contributed by atoms with Crippen LogP contribution in [0.25, 0.3) is 0 Å². The number of nitrogens with one attached hydrogen (secondary N) is 2. The molecule has 1 aromatic heterocycles. The summed E-state index contributed by atoms with van der Waals surface area (Å²) in [5, 5.41) is 6.57. The molecule has 0 aromatic carbocycles. The monoisotopic (exact) mass is 278 g/mol. The molecule has 19 heavy (non-hydrogen) atoms. The highest BCUT2D eigenvalue weighted by Crippen LogP contribution is 2.25. The number of thiocarbonyl (C=S) groups is 1. The maximum absolute atomic E-state index is 5.07. The molecule has 2 heterocycles. The van der Waals surface area contributed by atoms with Crippen LogP contribution in [0.1, 0.15) is 20.3 Å². The number of pyridine rings is 1. The molecule has 2 N–H and O–H groups in total. The van der Waals surface area contributed by atoms with Crippen molar-refractivity contribution in [1.29, 1.82) is 0 Å². The highest BCUT2D eigenvalue weighted by molar-refractivity contribution is 7.80. The molecule has 1 aliphatic heterocycles. The first-order valence-corrected chi connectivity index (χ1v) is 7.19. The zero-order valence-corrected chi connectivity index (χ0v) is 12.6. The summed E-state index contributed by atoms with van der Waals surface area (Å²) in [4.78, 5) is 6.91. The molecule has 1 aromatic rings. The fourth-order valence-corrected chi connectivity index (χ4v) is 2.81. The summed E-state index contributed by atoms with van der Waals surface area (Å²) < 4.78 is 0. The minimum absolute atomic E-state index is 0.606. The highest BCUT2D eigenvalue weighted by atomic mass is 32.1. The summed E-state index contributed by atoms with van der Waals surface area (Å²) in [5.41, 5.74) is 0.918. The zero-order valence-electron chi connectivity index (χ0n) is 11.8. The quantitative estimate of drug-likeness (QED) is 0.813. The lowest BCUT2D eigenvalue weighted by atomic mass is 9.92. The van der Waals surface area contributed by atoms with E-state index in [1.807, 2.05) is 12.3 Å². The van der Waals surface area contributed by atoms with Crippen LogP contribution in [0.5, 0.6) is 0 Å². The van der Waals surface area contributed by atoms with E-state index in [4.69, 9.17) is 12.2 Å². The van der Waals surface area contributed by atoms with Crippen molar-refractivity contribution < 1.29 is 0 Å². The van der Waals surface area contributed by atoms with Gasteiger partial charge in [0.2, 0.25) is 0 Å². The Bertz CT molecular complexity index is 422. The summed E-state index contributed by atoms with van der Waals surface area (Å²) in [7, 11) is 1.80. The van der Waals surface area contributed by atoms with Gasteiger partial charge in [-0.15, -0.1) is 0 Å². The van der Waals surface area contributed by atoms with Gasteiger partial charge in [-0.25, -0.2) is 4.98 Å². The molecule has 1 fully saturated rings. The number of anilines is 2. The van der Waals surface area contributed by atoms with E-state index in [1.165, 1.54) is 6.42 Å². The summed E-state index contributed by atoms with van der Waals surface area (Å²) in [6.07, 6.45) is 3.15. The number of hydrogen-bond acceptors (Lipinski definition) is 3. The number of rotatable bonds is 2. The van der Waals surface area contributed by atoms with Crippen LogP contribution in [0.3, 0.4) is 0 Å². The standard InChI is InChI=1S/C14H22N4S/c1-10-6-11(2)9-18(8-10)13-5-4-12(7-16-13)17-14(19)15-3/h4-5,7,10-11H,6,8-9H2,1-3H3,(H2,15,17,19)/t10-,11+. The van der Waals surface area contributed by atoms with Crippen LogP contribution in [-0.4, -0.2) is 30.2 Å². The van der Waals surface area contributed by atoms with E-state index in [0.29, 0.717) is 5.11 Å². The minimum atomic E-state index is 0.606. The van der Waals surface area contributed by atoms with Crippen LogP contribution in [0.4, 0.5) is 11.5 Å². The van der Waals surface area contributed by atoms with Gasteiger partial charge in [0.05, 0.1) is 11.9 Å². The summed E-state index contributed by atoms with van der Waals surface area (Å²) in [6.45, 7) is 6.81. The van der Waals surface area contributed by atoms with Gasteiger partial charge in [-0.1, -0.05) is 13.8 Å². The van der Waals surface area contributed by atoms with E-state index in [9.17, 15) is 0 Å². The molecule has 2 rings (SSSR count). The van der Waals surface area contributed by atoms with E-state index in [0.717, 1.165) is 36.4 Å². The Kier molecular flexibility index (Phi) is 4.58. The smallest absolute Gasteiger partial charge is 0.170 e. The molecule has 1 aliphatic rings. The van der Waals surface area contributed by atoms with E-state index >= 15 is 0 Å². The predicted octanol–water partition coefficient (Wildman–Crippen LogP) is 2.48. The Morgan fingerprint density at radius 2 is 2.00 bits per heavy atom. The number of aromatic nitrogens is 1. The van der Waals surface area contributed by atoms with Crippen molar-refractivity contribution in [3.63, 3.8) is 0 Å². The SMILES string of the molecule is CNC(=S)Nc1ccc(N2C[C@H](C)C[C@H](C)C2)nc1. The van der Waals surface area contributed by atoms with Gasteiger partial charge in [0, 0.05) is 20.1 Å². The van der Waals surface area contributed by atoms with Gasteiger partial charge in [-0.2, -0.15) is 0 Å². The molecule has 0 radical (unpaired) electrons. The molecular formula is C14H22N4S. The topological polar surface area (TPSA) is 40.2 Å². The third-order valence-corrected chi connectivity index (χ3v) is 3.73. The highest BCUT2D eigenvalue weighted by Gasteiger charge is 2.22. The maximum atomic E-state index is 5.07. The van der Waals surface area contributed by atoms with Gasteiger partial charge in [-0.3, -0.25) is 0 Å². The summed E-state index contributed by atoms with van der Waals surface area (Å²) in [5.74, 6) is 2.53. The number of piperidine rings is 1. The van der Waals surface area contributed by atoms with Crippen LogP contribution >= 0.6 is 12.2 Å². The third kappa shape index (κ3) is 3.80. The zero-order chi connectivity index (χ0) is 13.8. The molecule has 4 nitrogen and oxygen atoms in total. The van der Waals surface area contributed by atoms with Crippen LogP contribution in [-0.2, 0) is 0 Å². The molecule has 0 aliphatic carbocycles. The first-order valence-electron chi connectivity index (χ1n) is 6.78. The van der Waals surface area contributed by atoms with Gasteiger partial charge in [0.25, 0.3) is 0 Å². The number of hydrogen-bond donors (Lipinski definition) is 2. The van der Waals surface area contributed by atoms with Crippen LogP contribution < -0.4 is 15.5 Å². The molecule has 2 atom stereocenters. The molecule has 0 unspecified atom stereocenters. The van der Waals surface area contributed by atoms with Crippen molar-refractivity contribution in [2.45, 2.75) is 20.3 Å². The van der Waals surface area contributed by atoms with Gasteiger partial charge >= 0.3 is 0 Å². The van der Waals surface area contributed by atoms with Gasteiger partial charge in [-0.05, 0) is 42.6 Å². The summed E-state index contributed by atoms with van der Waals surface area (Å²) >= 11 is 5.07. The normalized spacial score (nSPS) is 23.0.